The van der Waals surface area contributed by atoms with Crippen LogP contribution in [0.4, 0.5) is 5.69 Å². The summed E-state index contributed by atoms with van der Waals surface area (Å²) in [6.07, 6.45) is 2.99. The van der Waals surface area contributed by atoms with Crippen molar-refractivity contribution in [2.75, 3.05) is 6.54 Å². The molecule has 2 atom stereocenters. The zero-order chi connectivity index (χ0) is 15.2. The van der Waals surface area contributed by atoms with Gasteiger partial charge in [-0.2, -0.15) is 4.31 Å². The van der Waals surface area contributed by atoms with Crippen LogP contribution < -0.4 is 0 Å². The number of hydrogen-bond acceptors (Lipinski definition) is 4. The standard InChI is InChI=1S/C13H14N2O4S/c16-15(17)11-4-6-12(7-5-11)20(18,19)14-9-8-10-2-1-3-13(10)14/h1-2,4-7,10,13H,3,8-9H2/t10-,13-/m1/s1/i1D. The SMILES string of the molecule is [2H]C1=C[C@@H]2CCN(S(=O)(=O)c3ccc([N+](=O)[O-])cc3)[C@@H]2C1. The maximum Gasteiger partial charge on any atom is 0.269 e. The first-order chi connectivity index (χ1) is 9.89. The van der Waals surface area contributed by atoms with Crippen molar-refractivity contribution in [1.82, 2.24) is 4.31 Å². The summed E-state index contributed by atoms with van der Waals surface area (Å²) in [4.78, 5) is 10.1. The van der Waals surface area contributed by atoms with Crippen molar-refractivity contribution in [2.45, 2.75) is 23.8 Å². The molecule has 1 aliphatic heterocycles. The van der Waals surface area contributed by atoms with Crippen molar-refractivity contribution >= 4 is 15.7 Å². The Labute approximate surface area is 118 Å². The molecule has 0 unspecified atom stereocenters. The highest BCUT2D eigenvalue weighted by atomic mass is 32.2. The summed E-state index contributed by atoms with van der Waals surface area (Å²) in [7, 11) is -3.66. The molecule has 0 amide bonds. The van der Waals surface area contributed by atoms with E-state index in [0.29, 0.717) is 19.0 Å². The van der Waals surface area contributed by atoms with Gasteiger partial charge in [0.1, 0.15) is 0 Å². The maximum absolute atomic E-state index is 12.6. The summed E-state index contributed by atoms with van der Waals surface area (Å²) >= 11 is 0. The Morgan fingerprint density at radius 3 is 2.70 bits per heavy atom. The maximum atomic E-state index is 12.6. The average molecular weight is 295 g/mol. The molecule has 0 N–H and O–H groups in total. The summed E-state index contributed by atoms with van der Waals surface area (Å²) in [5.74, 6) is 0.116. The molecule has 2 aliphatic rings. The lowest BCUT2D eigenvalue weighted by molar-refractivity contribution is -0.384. The lowest BCUT2D eigenvalue weighted by Gasteiger charge is -2.23. The highest BCUT2D eigenvalue weighted by Gasteiger charge is 2.41. The highest BCUT2D eigenvalue weighted by molar-refractivity contribution is 7.89. The average Bonchev–Trinajstić information content (AvgIpc) is 2.97. The second kappa shape index (κ2) is 4.68. The topological polar surface area (TPSA) is 80.5 Å². The van der Waals surface area contributed by atoms with E-state index in [9.17, 15) is 18.5 Å². The van der Waals surface area contributed by atoms with Crippen LogP contribution in [0.25, 0.3) is 0 Å². The second-order valence-electron chi connectivity index (χ2n) is 4.96. The Bertz CT molecular complexity index is 714. The second-order valence-corrected chi connectivity index (χ2v) is 6.85. The first-order valence-corrected chi connectivity index (χ1v) is 7.77. The van der Waals surface area contributed by atoms with Crippen molar-refractivity contribution in [1.29, 1.82) is 0 Å². The summed E-state index contributed by atoms with van der Waals surface area (Å²) in [6.45, 7) is 0.429. The summed E-state index contributed by atoms with van der Waals surface area (Å²) < 4.78 is 34.4. The normalized spacial score (nSPS) is 27.0. The van der Waals surface area contributed by atoms with E-state index in [0.717, 1.165) is 6.42 Å². The van der Waals surface area contributed by atoms with Crippen LogP contribution in [-0.4, -0.2) is 30.2 Å². The minimum atomic E-state index is -3.66. The largest absolute Gasteiger partial charge is 0.269 e. The molecule has 1 fully saturated rings. The molecule has 0 aromatic heterocycles. The van der Waals surface area contributed by atoms with Crippen LogP contribution in [0.3, 0.4) is 0 Å². The molecule has 1 aromatic rings. The lowest BCUT2D eigenvalue weighted by Crippen LogP contribution is -2.36. The van der Waals surface area contributed by atoms with Crippen LogP contribution in [0.15, 0.2) is 41.3 Å². The van der Waals surface area contributed by atoms with E-state index >= 15 is 0 Å². The van der Waals surface area contributed by atoms with Gasteiger partial charge in [-0.3, -0.25) is 10.1 Å². The van der Waals surface area contributed by atoms with Gasteiger partial charge in [0.05, 0.1) is 11.2 Å². The summed E-state index contributed by atoms with van der Waals surface area (Å²) in [6, 6.07) is 5.23. The number of nitrogens with zero attached hydrogens (tertiary/aromatic N) is 2. The fourth-order valence-electron chi connectivity index (χ4n) is 2.81. The number of nitro groups is 1. The number of fused-ring (bicyclic) bond motifs is 1. The van der Waals surface area contributed by atoms with E-state index in [1.807, 2.05) is 6.08 Å². The third-order valence-corrected chi connectivity index (χ3v) is 5.80. The third kappa shape index (κ3) is 2.03. The molecule has 0 saturated carbocycles. The summed E-state index contributed by atoms with van der Waals surface area (Å²) in [5.41, 5.74) is -0.135. The number of non-ortho nitro benzene ring substituents is 1. The van der Waals surface area contributed by atoms with Gasteiger partial charge in [-0.1, -0.05) is 12.1 Å². The van der Waals surface area contributed by atoms with E-state index < -0.39 is 14.9 Å². The van der Waals surface area contributed by atoms with Gasteiger partial charge in [-0.15, -0.1) is 0 Å². The first-order valence-electron chi connectivity index (χ1n) is 6.83. The van der Waals surface area contributed by atoms with Gasteiger partial charge < -0.3 is 0 Å². The van der Waals surface area contributed by atoms with Crippen molar-refractivity contribution in [2.24, 2.45) is 5.92 Å². The molecule has 1 heterocycles. The third-order valence-electron chi connectivity index (χ3n) is 3.86. The van der Waals surface area contributed by atoms with Crippen molar-refractivity contribution in [3.63, 3.8) is 0 Å². The minimum Gasteiger partial charge on any atom is -0.258 e. The van der Waals surface area contributed by atoms with E-state index in [1.54, 1.807) is 0 Å². The highest BCUT2D eigenvalue weighted by Crippen LogP contribution is 2.36. The number of sulfonamides is 1. The van der Waals surface area contributed by atoms with E-state index in [4.69, 9.17) is 1.37 Å². The predicted octanol–water partition coefficient (Wildman–Crippen LogP) is 1.93. The Hall–Kier alpha value is -1.73. The van der Waals surface area contributed by atoms with Gasteiger partial charge >= 0.3 is 0 Å². The number of benzene rings is 1. The lowest BCUT2D eigenvalue weighted by atomic mass is 10.1. The molecular weight excluding hydrogens is 280 g/mol. The molecule has 7 heteroatoms. The van der Waals surface area contributed by atoms with Crippen molar-refractivity contribution in [3.05, 3.63) is 46.5 Å². The van der Waals surface area contributed by atoms with Gasteiger partial charge in [-0.25, -0.2) is 8.42 Å². The molecule has 20 heavy (non-hydrogen) atoms. The fraction of sp³-hybridized carbons (Fsp3) is 0.385. The molecule has 1 aromatic carbocycles. The van der Waals surface area contributed by atoms with Crippen molar-refractivity contribution in [3.8, 4) is 0 Å². The van der Waals surface area contributed by atoms with E-state index in [1.165, 1.54) is 28.6 Å². The van der Waals surface area contributed by atoms with E-state index in [-0.39, 0.29) is 22.5 Å². The molecule has 0 bridgehead atoms. The van der Waals surface area contributed by atoms with Crippen molar-refractivity contribution < 1.29 is 14.7 Å². The Balaban J connectivity index is 1.89. The molecule has 3 rings (SSSR count). The molecular formula is C13H14N2O4S. The van der Waals surface area contributed by atoms with Crippen LogP contribution in [0.2, 0.25) is 0 Å². The Morgan fingerprint density at radius 2 is 2.05 bits per heavy atom. The van der Waals surface area contributed by atoms with Crippen LogP contribution in [0.5, 0.6) is 0 Å². The molecule has 0 radical (unpaired) electrons. The molecule has 6 nitrogen and oxygen atoms in total. The Morgan fingerprint density at radius 1 is 1.35 bits per heavy atom. The molecule has 1 saturated heterocycles. The van der Waals surface area contributed by atoms with Crippen LogP contribution in [0, 0.1) is 16.0 Å². The van der Waals surface area contributed by atoms with Crippen LogP contribution in [-0.2, 0) is 10.0 Å². The molecule has 1 aliphatic carbocycles. The number of rotatable bonds is 3. The van der Waals surface area contributed by atoms with Gasteiger partial charge in [-0.05, 0) is 30.9 Å². The van der Waals surface area contributed by atoms with Gasteiger partial charge in [0.25, 0.3) is 5.69 Å². The van der Waals surface area contributed by atoms with Gasteiger partial charge in [0, 0.05) is 24.7 Å². The minimum absolute atomic E-state index is 0.0622. The zero-order valence-electron chi connectivity index (χ0n) is 11.6. The Kier molecular flexibility index (Phi) is 2.82. The number of nitro benzene ring substituents is 1. The van der Waals surface area contributed by atoms with Crippen LogP contribution >= 0.6 is 0 Å². The van der Waals surface area contributed by atoms with Crippen LogP contribution in [0.1, 0.15) is 14.2 Å². The van der Waals surface area contributed by atoms with E-state index in [2.05, 4.69) is 0 Å². The fourth-order valence-corrected chi connectivity index (χ4v) is 4.49. The molecule has 106 valence electrons. The monoisotopic (exact) mass is 295 g/mol. The smallest absolute Gasteiger partial charge is 0.258 e. The van der Waals surface area contributed by atoms with Gasteiger partial charge in [0.15, 0.2) is 0 Å². The molecule has 0 spiro atoms. The predicted molar refractivity (Wildman–Crippen MR) is 72.6 cm³/mol. The zero-order valence-corrected chi connectivity index (χ0v) is 11.4. The van der Waals surface area contributed by atoms with Gasteiger partial charge in [0.2, 0.25) is 10.0 Å². The first kappa shape index (κ1) is 12.0. The quantitative estimate of drug-likeness (QED) is 0.485. The summed E-state index contributed by atoms with van der Waals surface area (Å²) in [5, 5.41) is 10.6. The number of hydrogen-bond donors (Lipinski definition) is 0.